The van der Waals surface area contributed by atoms with Crippen molar-refractivity contribution >= 4 is 44.6 Å². The number of thiophene rings is 1. The van der Waals surface area contributed by atoms with E-state index >= 15 is 0 Å². The Labute approximate surface area is 190 Å². The molecule has 0 bridgehead atoms. The number of rotatable bonds is 6. The maximum atomic E-state index is 13.4. The summed E-state index contributed by atoms with van der Waals surface area (Å²) in [6.45, 7) is 6.19. The number of nitrogens with two attached hydrogens (primary N) is 1. The number of likely N-dealkylation sites (tertiary alicyclic amines) is 1. The van der Waals surface area contributed by atoms with Gasteiger partial charge in [0.25, 0.3) is 0 Å². The van der Waals surface area contributed by atoms with Crippen LogP contribution in [0.2, 0.25) is 0 Å². The van der Waals surface area contributed by atoms with Crippen molar-refractivity contribution in [1.82, 2.24) is 15.2 Å². The molecule has 31 heavy (non-hydrogen) atoms. The van der Waals surface area contributed by atoms with Crippen LogP contribution in [0.5, 0.6) is 0 Å². The number of nitrogens with zero attached hydrogens (tertiary/aromatic N) is 2. The molecule has 0 aliphatic carbocycles. The Hall–Kier alpha value is -2.29. The zero-order valence-electron chi connectivity index (χ0n) is 18.0. The van der Waals surface area contributed by atoms with E-state index in [1.807, 2.05) is 30.9 Å². The smallest absolute Gasteiger partial charge is 0.246 e. The van der Waals surface area contributed by atoms with Crippen molar-refractivity contribution in [2.45, 2.75) is 51.7 Å². The second-order valence-corrected chi connectivity index (χ2v) is 10.2. The summed E-state index contributed by atoms with van der Waals surface area (Å²) >= 11 is 3.33. The van der Waals surface area contributed by atoms with Gasteiger partial charge in [-0.15, -0.1) is 22.7 Å². The van der Waals surface area contributed by atoms with E-state index < -0.39 is 12.1 Å². The van der Waals surface area contributed by atoms with E-state index in [9.17, 15) is 9.59 Å². The maximum Gasteiger partial charge on any atom is 0.246 e. The number of benzene rings is 1. The molecule has 1 aliphatic rings. The fourth-order valence-corrected chi connectivity index (χ4v) is 5.92. The lowest BCUT2D eigenvalue weighted by molar-refractivity contribution is -0.138. The van der Waals surface area contributed by atoms with E-state index in [0.29, 0.717) is 6.54 Å². The lowest BCUT2D eigenvalue weighted by Crippen LogP contribution is -2.54. The first-order valence-corrected chi connectivity index (χ1v) is 12.4. The van der Waals surface area contributed by atoms with Gasteiger partial charge in [0, 0.05) is 33.0 Å². The van der Waals surface area contributed by atoms with Gasteiger partial charge in [0.05, 0.1) is 17.8 Å². The number of amides is 2. The zero-order valence-corrected chi connectivity index (χ0v) is 19.6. The van der Waals surface area contributed by atoms with Gasteiger partial charge in [0.2, 0.25) is 11.8 Å². The summed E-state index contributed by atoms with van der Waals surface area (Å²) in [6.07, 6.45) is 1.81. The molecule has 0 spiro atoms. The molecule has 8 heteroatoms. The molecule has 3 aromatic rings. The first-order valence-electron chi connectivity index (χ1n) is 10.6. The van der Waals surface area contributed by atoms with Gasteiger partial charge in [0.15, 0.2) is 0 Å². The highest BCUT2D eigenvalue weighted by Crippen LogP contribution is 2.39. The van der Waals surface area contributed by atoms with E-state index in [1.54, 1.807) is 29.6 Å². The molecule has 2 amide bonds. The molecule has 4 rings (SSSR count). The van der Waals surface area contributed by atoms with Crippen molar-refractivity contribution < 1.29 is 9.59 Å². The fourth-order valence-electron chi connectivity index (χ4n) is 4.00. The number of thiazole rings is 1. The predicted molar refractivity (Wildman–Crippen MR) is 127 cm³/mol. The second kappa shape index (κ2) is 9.06. The minimum Gasteiger partial charge on any atom is -0.343 e. The van der Waals surface area contributed by atoms with Crippen LogP contribution < -0.4 is 11.1 Å². The van der Waals surface area contributed by atoms with Crippen molar-refractivity contribution in [3.8, 4) is 11.3 Å². The van der Waals surface area contributed by atoms with Gasteiger partial charge in [-0.2, -0.15) is 0 Å². The number of carbonyl (C=O) groups is 2. The van der Waals surface area contributed by atoms with Crippen LogP contribution in [0.4, 0.5) is 0 Å². The van der Waals surface area contributed by atoms with Gasteiger partial charge in [-0.3, -0.25) is 9.59 Å². The van der Waals surface area contributed by atoms with Crippen LogP contribution in [0.3, 0.4) is 0 Å². The van der Waals surface area contributed by atoms with Crippen molar-refractivity contribution in [2.24, 2.45) is 11.7 Å². The molecule has 0 radical (unpaired) electrons. The first kappa shape index (κ1) is 21.9. The summed E-state index contributed by atoms with van der Waals surface area (Å²) in [5.74, 6) is -0.381. The van der Waals surface area contributed by atoms with Gasteiger partial charge in [-0.1, -0.05) is 32.0 Å². The van der Waals surface area contributed by atoms with Crippen LogP contribution in [0.1, 0.15) is 44.7 Å². The topological polar surface area (TPSA) is 88.3 Å². The van der Waals surface area contributed by atoms with Crippen molar-refractivity contribution in [3.63, 3.8) is 0 Å². The monoisotopic (exact) mass is 456 g/mol. The zero-order chi connectivity index (χ0) is 22.1. The number of aromatic nitrogens is 1. The van der Waals surface area contributed by atoms with Gasteiger partial charge in [-0.25, -0.2) is 4.98 Å². The summed E-state index contributed by atoms with van der Waals surface area (Å²) in [5.41, 5.74) is 7.80. The number of hydrogen-bond acceptors (Lipinski definition) is 6. The highest BCUT2D eigenvalue weighted by atomic mass is 32.1. The van der Waals surface area contributed by atoms with Crippen LogP contribution in [0.15, 0.2) is 35.0 Å². The third-order valence-electron chi connectivity index (χ3n) is 5.74. The standard InChI is InChI=1S/C23H28N4O2S2/c1-13(2)20(26-21(28)14(3)24)23(29)27-10-6-8-18(27)22-25-17(12-31-22)16-11-30-19-9-5-4-7-15(16)19/h4-5,7,9,11-14,18,20H,6,8,10,24H2,1-3H3,(H,26,28)/t14-,18-,20-/m0/s1. The molecule has 0 saturated carbocycles. The van der Waals surface area contributed by atoms with Crippen LogP contribution in [-0.2, 0) is 9.59 Å². The Morgan fingerprint density at radius 2 is 1.97 bits per heavy atom. The Bertz CT molecular complexity index is 1090. The average Bonchev–Trinajstić information content (AvgIpc) is 3.49. The largest absolute Gasteiger partial charge is 0.343 e. The molecule has 1 aromatic carbocycles. The minimum absolute atomic E-state index is 0.0273. The molecular weight excluding hydrogens is 428 g/mol. The number of fused-ring (bicyclic) bond motifs is 1. The molecule has 3 heterocycles. The molecule has 6 nitrogen and oxygen atoms in total. The summed E-state index contributed by atoms with van der Waals surface area (Å²) < 4.78 is 1.24. The summed E-state index contributed by atoms with van der Waals surface area (Å²) in [6, 6.07) is 7.06. The van der Waals surface area contributed by atoms with Crippen molar-refractivity contribution in [3.05, 3.63) is 40.0 Å². The molecular formula is C23H28N4O2S2. The van der Waals surface area contributed by atoms with Crippen LogP contribution in [-0.4, -0.2) is 40.3 Å². The third-order valence-corrected chi connectivity index (χ3v) is 7.65. The first-order chi connectivity index (χ1) is 14.9. The quantitative estimate of drug-likeness (QED) is 0.582. The third kappa shape index (κ3) is 4.37. The molecule has 1 fully saturated rings. The average molecular weight is 457 g/mol. The molecule has 164 valence electrons. The Kier molecular flexibility index (Phi) is 6.41. The van der Waals surface area contributed by atoms with Crippen LogP contribution in [0.25, 0.3) is 21.3 Å². The van der Waals surface area contributed by atoms with Crippen LogP contribution >= 0.6 is 22.7 Å². The van der Waals surface area contributed by atoms with Gasteiger partial charge in [0.1, 0.15) is 11.0 Å². The normalized spacial score (nSPS) is 18.5. The van der Waals surface area contributed by atoms with E-state index in [0.717, 1.165) is 29.1 Å². The maximum absolute atomic E-state index is 13.4. The molecule has 1 aliphatic heterocycles. The lowest BCUT2D eigenvalue weighted by Gasteiger charge is -2.30. The van der Waals surface area contributed by atoms with E-state index in [-0.39, 0.29) is 23.8 Å². The Morgan fingerprint density at radius 1 is 1.19 bits per heavy atom. The van der Waals surface area contributed by atoms with Gasteiger partial charge >= 0.3 is 0 Å². The van der Waals surface area contributed by atoms with Gasteiger partial charge in [-0.05, 0) is 31.7 Å². The number of nitrogens with one attached hydrogen (secondary N) is 1. The van der Waals surface area contributed by atoms with E-state index in [2.05, 4.69) is 28.2 Å². The number of carbonyl (C=O) groups excluding carboxylic acids is 2. The van der Waals surface area contributed by atoms with E-state index in [4.69, 9.17) is 10.7 Å². The fraction of sp³-hybridized carbons (Fsp3) is 0.435. The summed E-state index contributed by atoms with van der Waals surface area (Å²) in [4.78, 5) is 32.4. The highest BCUT2D eigenvalue weighted by Gasteiger charge is 2.37. The molecule has 1 saturated heterocycles. The lowest BCUT2D eigenvalue weighted by atomic mass is 10.0. The molecule has 3 atom stereocenters. The highest BCUT2D eigenvalue weighted by molar-refractivity contribution is 7.17. The second-order valence-electron chi connectivity index (χ2n) is 8.43. The van der Waals surface area contributed by atoms with Gasteiger partial charge < -0.3 is 16.0 Å². The molecule has 2 aromatic heterocycles. The Morgan fingerprint density at radius 3 is 2.71 bits per heavy atom. The SMILES string of the molecule is CC(C)[C@H](NC(=O)[C@H](C)N)C(=O)N1CCC[C@H]1c1nc(-c2csc3ccccc23)cs1. The van der Waals surface area contributed by atoms with E-state index in [1.165, 1.54) is 10.1 Å². The van der Waals surface area contributed by atoms with Crippen LogP contribution in [0, 0.1) is 5.92 Å². The summed E-state index contributed by atoms with van der Waals surface area (Å²) in [7, 11) is 0. The molecule has 0 unspecified atom stereocenters. The molecule has 3 N–H and O–H groups in total. The predicted octanol–water partition coefficient (Wildman–Crippen LogP) is 4.18. The minimum atomic E-state index is -0.648. The number of hydrogen-bond donors (Lipinski definition) is 2. The Balaban J connectivity index is 1.57. The van der Waals surface area contributed by atoms with Crippen molar-refractivity contribution in [2.75, 3.05) is 6.54 Å². The summed E-state index contributed by atoms with van der Waals surface area (Å²) in [5, 5.41) is 9.25. The van der Waals surface area contributed by atoms with Crippen molar-refractivity contribution in [1.29, 1.82) is 0 Å².